The highest BCUT2D eigenvalue weighted by molar-refractivity contribution is 5.87. The van der Waals surface area contributed by atoms with E-state index in [0.29, 0.717) is 38.6 Å². The van der Waals surface area contributed by atoms with Crippen molar-refractivity contribution >= 4 is 18.0 Å². The monoisotopic (exact) mass is 476 g/mol. The van der Waals surface area contributed by atoms with Crippen molar-refractivity contribution in [2.75, 3.05) is 26.2 Å². The Morgan fingerprint density at radius 3 is 2.20 bits per heavy atom. The maximum Gasteiger partial charge on any atom is 0.407 e. The smallest absolute Gasteiger partial charge is 0.407 e. The molecule has 1 saturated carbocycles. The van der Waals surface area contributed by atoms with Crippen LogP contribution in [0.25, 0.3) is 11.1 Å². The van der Waals surface area contributed by atoms with Gasteiger partial charge in [0.1, 0.15) is 6.61 Å². The predicted molar refractivity (Wildman–Crippen MR) is 131 cm³/mol. The molecule has 1 atom stereocenters. The number of fused-ring (bicyclic) bond motifs is 3. The standard InChI is InChI=1S/C28H32N2O5/c1-2-27(25(32)33)12-7-15-30(18-27)24(31)28(13-14-28)17-29-26(34)35-16-23-21-10-5-3-8-19(21)20-9-4-6-11-22(20)23/h3-6,8-11,23H,2,7,12-18H2,1H3,(H,29,34)(H,32,33). The van der Waals surface area contributed by atoms with Crippen molar-refractivity contribution < 1.29 is 24.2 Å². The van der Waals surface area contributed by atoms with E-state index in [4.69, 9.17) is 4.74 Å². The second-order valence-electron chi connectivity index (χ2n) is 10.2. The topological polar surface area (TPSA) is 95.9 Å². The van der Waals surface area contributed by atoms with Crippen LogP contribution in [0.3, 0.4) is 0 Å². The summed E-state index contributed by atoms with van der Waals surface area (Å²) in [5.41, 5.74) is 3.14. The number of hydrogen-bond acceptors (Lipinski definition) is 4. The number of alkyl carbamates (subject to hydrolysis) is 1. The van der Waals surface area contributed by atoms with Crippen LogP contribution >= 0.6 is 0 Å². The Kier molecular flexibility index (Phi) is 6.03. The number of carbonyl (C=O) groups excluding carboxylic acids is 2. The fourth-order valence-corrected chi connectivity index (χ4v) is 5.76. The Balaban J connectivity index is 1.18. The summed E-state index contributed by atoms with van der Waals surface area (Å²) in [5, 5.41) is 12.6. The summed E-state index contributed by atoms with van der Waals surface area (Å²) in [6.07, 6.45) is 2.63. The molecule has 1 heterocycles. The molecule has 5 rings (SSSR count). The number of nitrogens with zero attached hydrogens (tertiary/aromatic N) is 1. The maximum absolute atomic E-state index is 13.3. The molecule has 7 heteroatoms. The van der Waals surface area contributed by atoms with Crippen LogP contribution in [0.1, 0.15) is 56.1 Å². The van der Waals surface area contributed by atoms with Gasteiger partial charge in [-0.25, -0.2) is 4.79 Å². The first kappa shape index (κ1) is 23.4. The zero-order valence-corrected chi connectivity index (χ0v) is 20.1. The number of piperidine rings is 1. The van der Waals surface area contributed by atoms with Crippen molar-refractivity contribution in [1.29, 1.82) is 0 Å². The molecule has 2 aromatic carbocycles. The zero-order valence-electron chi connectivity index (χ0n) is 20.1. The molecule has 2 fully saturated rings. The summed E-state index contributed by atoms with van der Waals surface area (Å²) < 4.78 is 5.62. The van der Waals surface area contributed by atoms with Gasteiger partial charge in [-0.1, -0.05) is 55.5 Å². The Morgan fingerprint density at radius 1 is 1.00 bits per heavy atom. The summed E-state index contributed by atoms with van der Waals surface area (Å²) in [6, 6.07) is 16.4. The zero-order chi connectivity index (χ0) is 24.6. The van der Waals surface area contributed by atoms with Crippen molar-refractivity contribution in [3.05, 3.63) is 59.7 Å². The molecule has 1 unspecified atom stereocenters. The summed E-state index contributed by atoms with van der Waals surface area (Å²) in [7, 11) is 0. The Morgan fingerprint density at radius 2 is 1.63 bits per heavy atom. The van der Waals surface area contributed by atoms with Crippen molar-refractivity contribution in [3.63, 3.8) is 0 Å². The first-order valence-electron chi connectivity index (χ1n) is 12.5. The molecule has 0 bridgehead atoms. The fraction of sp³-hybridized carbons (Fsp3) is 0.464. The molecule has 2 N–H and O–H groups in total. The van der Waals surface area contributed by atoms with Gasteiger partial charge in [0.15, 0.2) is 0 Å². The molecule has 1 aliphatic heterocycles. The Bertz CT molecular complexity index is 1110. The fourth-order valence-electron chi connectivity index (χ4n) is 5.76. The molecular formula is C28H32N2O5. The highest BCUT2D eigenvalue weighted by atomic mass is 16.5. The van der Waals surface area contributed by atoms with Gasteiger partial charge in [-0.2, -0.15) is 0 Å². The Labute approximate surface area is 205 Å². The van der Waals surface area contributed by atoms with Gasteiger partial charge in [0, 0.05) is 25.6 Å². The van der Waals surface area contributed by atoms with E-state index in [1.54, 1.807) is 4.90 Å². The van der Waals surface area contributed by atoms with Crippen LogP contribution in [0.5, 0.6) is 0 Å². The highest BCUT2D eigenvalue weighted by Crippen LogP contribution is 2.48. The number of benzene rings is 2. The number of nitrogens with one attached hydrogen (secondary N) is 1. The molecular weight excluding hydrogens is 444 g/mol. The van der Waals surface area contributed by atoms with E-state index in [2.05, 4.69) is 29.6 Å². The van der Waals surface area contributed by atoms with Gasteiger partial charge in [-0.15, -0.1) is 0 Å². The van der Waals surface area contributed by atoms with Crippen molar-refractivity contribution in [3.8, 4) is 11.1 Å². The van der Waals surface area contributed by atoms with Crippen LogP contribution in [-0.2, 0) is 14.3 Å². The lowest BCUT2D eigenvalue weighted by Gasteiger charge is -2.40. The van der Waals surface area contributed by atoms with E-state index in [-0.39, 0.29) is 31.5 Å². The number of carboxylic acid groups (broad SMARTS) is 1. The van der Waals surface area contributed by atoms with Crippen molar-refractivity contribution in [2.24, 2.45) is 10.8 Å². The molecule has 2 amide bonds. The number of aliphatic carboxylic acids is 1. The van der Waals surface area contributed by atoms with E-state index < -0.39 is 22.9 Å². The average Bonchev–Trinajstić information content (AvgIpc) is 3.62. The summed E-state index contributed by atoms with van der Waals surface area (Å²) in [5.74, 6) is -0.898. The molecule has 0 radical (unpaired) electrons. The first-order valence-corrected chi connectivity index (χ1v) is 12.5. The SMILES string of the molecule is CCC1(C(=O)O)CCCN(C(=O)C2(CNC(=O)OCC3c4ccccc4-c4ccccc43)CC2)C1. The summed E-state index contributed by atoms with van der Waals surface area (Å²) in [6.45, 7) is 3.12. The normalized spacial score (nSPS) is 22.1. The van der Waals surface area contributed by atoms with E-state index in [9.17, 15) is 19.5 Å². The van der Waals surface area contributed by atoms with Gasteiger partial charge in [0.25, 0.3) is 0 Å². The third-order valence-electron chi connectivity index (χ3n) is 8.22. The minimum Gasteiger partial charge on any atom is -0.481 e. The molecule has 0 spiro atoms. The van der Waals surface area contributed by atoms with Crippen LogP contribution < -0.4 is 5.32 Å². The second-order valence-corrected chi connectivity index (χ2v) is 10.2. The number of likely N-dealkylation sites (tertiary alicyclic amines) is 1. The van der Waals surface area contributed by atoms with E-state index in [1.807, 2.05) is 31.2 Å². The molecule has 35 heavy (non-hydrogen) atoms. The molecule has 184 valence electrons. The lowest BCUT2D eigenvalue weighted by molar-refractivity contribution is -0.156. The number of hydrogen-bond donors (Lipinski definition) is 2. The van der Waals surface area contributed by atoms with Gasteiger partial charge in [0.05, 0.1) is 10.8 Å². The maximum atomic E-state index is 13.3. The lowest BCUT2D eigenvalue weighted by atomic mass is 9.77. The Hall–Kier alpha value is -3.35. The average molecular weight is 477 g/mol. The van der Waals surface area contributed by atoms with E-state index >= 15 is 0 Å². The predicted octanol–water partition coefficient (Wildman–Crippen LogP) is 4.41. The number of carboxylic acids is 1. The van der Waals surface area contributed by atoms with Crippen molar-refractivity contribution in [1.82, 2.24) is 10.2 Å². The van der Waals surface area contributed by atoms with Crippen LogP contribution in [0, 0.1) is 10.8 Å². The summed E-state index contributed by atoms with van der Waals surface area (Å²) in [4.78, 5) is 39.5. The molecule has 3 aliphatic rings. The summed E-state index contributed by atoms with van der Waals surface area (Å²) >= 11 is 0. The minimum atomic E-state index is -0.871. The molecule has 2 aromatic rings. The number of carbonyl (C=O) groups is 3. The molecule has 1 saturated heterocycles. The minimum absolute atomic E-state index is 0.0174. The van der Waals surface area contributed by atoms with Crippen molar-refractivity contribution in [2.45, 2.75) is 44.9 Å². The third kappa shape index (κ3) is 4.17. The van der Waals surface area contributed by atoms with Gasteiger partial charge in [0.2, 0.25) is 5.91 Å². The number of rotatable bonds is 7. The first-order chi connectivity index (χ1) is 16.9. The quantitative estimate of drug-likeness (QED) is 0.617. The van der Waals surface area contributed by atoms with Gasteiger partial charge in [-0.05, 0) is 54.4 Å². The molecule has 2 aliphatic carbocycles. The third-order valence-corrected chi connectivity index (χ3v) is 8.22. The lowest BCUT2D eigenvalue weighted by Crippen LogP contribution is -2.52. The van der Waals surface area contributed by atoms with Crippen LogP contribution in [0.4, 0.5) is 4.79 Å². The highest BCUT2D eigenvalue weighted by Gasteiger charge is 2.54. The molecule has 7 nitrogen and oxygen atoms in total. The van der Waals surface area contributed by atoms with Crippen LogP contribution in [0.2, 0.25) is 0 Å². The van der Waals surface area contributed by atoms with Crippen LogP contribution in [0.15, 0.2) is 48.5 Å². The largest absolute Gasteiger partial charge is 0.481 e. The second kappa shape index (κ2) is 9.02. The van der Waals surface area contributed by atoms with Gasteiger partial charge >= 0.3 is 12.1 Å². The number of ether oxygens (including phenoxy) is 1. The van der Waals surface area contributed by atoms with E-state index in [0.717, 1.165) is 11.1 Å². The molecule has 0 aromatic heterocycles. The van der Waals surface area contributed by atoms with Crippen LogP contribution in [-0.4, -0.2) is 54.2 Å². The van der Waals surface area contributed by atoms with Gasteiger partial charge in [-0.3, -0.25) is 9.59 Å². The van der Waals surface area contributed by atoms with Gasteiger partial charge < -0.3 is 20.1 Å². The van der Waals surface area contributed by atoms with E-state index in [1.165, 1.54) is 11.1 Å². The number of amides is 2.